The predicted octanol–water partition coefficient (Wildman–Crippen LogP) is 4.22. The molecule has 0 aliphatic heterocycles. The molecule has 0 bridgehead atoms. The summed E-state index contributed by atoms with van der Waals surface area (Å²) in [7, 11) is -3.25. The number of hydrogen-bond donors (Lipinski definition) is 1. The van der Waals surface area contributed by atoms with Crippen molar-refractivity contribution in [3.63, 3.8) is 0 Å². The fourth-order valence-electron chi connectivity index (χ4n) is 3.56. The van der Waals surface area contributed by atoms with Gasteiger partial charge in [0.2, 0.25) is 11.8 Å². The molecule has 4 aromatic rings. The zero-order valence-electron chi connectivity index (χ0n) is 18.0. The van der Waals surface area contributed by atoms with Crippen molar-refractivity contribution >= 4 is 21.8 Å². The van der Waals surface area contributed by atoms with E-state index in [9.17, 15) is 13.2 Å². The number of anilines is 1. The summed E-state index contributed by atoms with van der Waals surface area (Å²) in [5.74, 6) is -0.0244. The van der Waals surface area contributed by atoms with Crippen LogP contribution in [0.1, 0.15) is 34.9 Å². The maximum Gasteiger partial charge on any atom is 0.322 e. The van der Waals surface area contributed by atoms with E-state index in [4.69, 9.17) is 4.42 Å². The Hall–Kier alpha value is -3.78. The zero-order chi connectivity index (χ0) is 23.3. The topological polar surface area (TPSA) is 102 Å². The number of aromatic nitrogens is 2. The Morgan fingerprint density at radius 3 is 2.00 bits per heavy atom. The summed E-state index contributed by atoms with van der Waals surface area (Å²) in [6, 6.07) is 26.2. The van der Waals surface area contributed by atoms with Crippen LogP contribution in [0, 0.1) is 0 Å². The van der Waals surface area contributed by atoms with Crippen LogP contribution in [0.5, 0.6) is 0 Å². The van der Waals surface area contributed by atoms with Crippen molar-refractivity contribution < 1.29 is 17.6 Å². The van der Waals surface area contributed by atoms with Crippen LogP contribution in [0.4, 0.5) is 6.01 Å². The molecule has 0 spiro atoms. The monoisotopic (exact) mass is 461 g/mol. The molecular formula is C25H23N3O4S. The molecule has 1 heterocycles. The van der Waals surface area contributed by atoms with Gasteiger partial charge in [0.15, 0.2) is 9.84 Å². The molecule has 8 heteroatoms. The number of nitrogens with zero attached hydrogens (tertiary/aromatic N) is 2. The van der Waals surface area contributed by atoms with Gasteiger partial charge in [-0.1, -0.05) is 77.9 Å². The van der Waals surface area contributed by atoms with Crippen LogP contribution >= 0.6 is 0 Å². The van der Waals surface area contributed by atoms with E-state index in [2.05, 4.69) is 15.5 Å². The lowest BCUT2D eigenvalue weighted by Crippen LogP contribution is -2.16. The lowest BCUT2D eigenvalue weighted by atomic mass is 9.88. The highest BCUT2D eigenvalue weighted by Crippen LogP contribution is 2.28. The molecule has 0 aliphatic rings. The second kappa shape index (κ2) is 9.79. The quantitative estimate of drug-likeness (QED) is 0.421. The second-order valence-electron chi connectivity index (χ2n) is 7.72. The third kappa shape index (κ3) is 5.93. The molecule has 1 aromatic heterocycles. The second-order valence-corrected chi connectivity index (χ2v) is 9.74. The lowest BCUT2D eigenvalue weighted by Gasteiger charge is -2.17. The molecule has 7 nitrogen and oxygen atoms in total. The Bertz CT molecular complexity index is 1280. The zero-order valence-corrected chi connectivity index (χ0v) is 18.8. The first-order valence-electron chi connectivity index (χ1n) is 10.4. The first-order chi connectivity index (χ1) is 15.9. The minimum Gasteiger partial charge on any atom is -0.407 e. The van der Waals surface area contributed by atoms with E-state index in [0.717, 1.165) is 22.9 Å². The number of nitrogens with one attached hydrogen (secondary N) is 1. The molecular weight excluding hydrogens is 438 g/mol. The van der Waals surface area contributed by atoms with E-state index in [1.807, 2.05) is 60.7 Å². The van der Waals surface area contributed by atoms with Gasteiger partial charge in [-0.15, -0.1) is 5.10 Å². The summed E-state index contributed by atoms with van der Waals surface area (Å²) in [5.41, 5.74) is 2.90. The molecule has 1 N–H and O–H groups in total. The van der Waals surface area contributed by atoms with E-state index in [0.29, 0.717) is 12.3 Å². The smallest absolute Gasteiger partial charge is 0.322 e. The van der Waals surface area contributed by atoms with Crippen molar-refractivity contribution in [2.45, 2.75) is 23.7 Å². The summed E-state index contributed by atoms with van der Waals surface area (Å²) in [5, 5.41) is 10.6. The van der Waals surface area contributed by atoms with Crippen molar-refractivity contribution in [1.29, 1.82) is 0 Å². The Morgan fingerprint density at radius 1 is 0.879 bits per heavy atom. The summed E-state index contributed by atoms with van der Waals surface area (Å²) < 4.78 is 28.7. The van der Waals surface area contributed by atoms with Gasteiger partial charge in [0.25, 0.3) is 0 Å². The predicted molar refractivity (Wildman–Crippen MR) is 125 cm³/mol. The van der Waals surface area contributed by atoms with Gasteiger partial charge in [0, 0.05) is 18.6 Å². The largest absolute Gasteiger partial charge is 0.407 e. The Balaban J connectivity index is 1.42. The minimum atomic E-state index is -3.25. The molecule has 0 unspecified atom stereocenters. The van der Waals surface area contributed by atoms with Gasteiger partial charge in [-0.2, -0.15) is 0 Å². The van der Waals surface area contributed by atoms with Gasteiger partial charge < -0.3 is 4.42 Å². The van der Waals surface area contributed by atoms with E-state index in [1.165, 1.54) is 12.1 Å². The summed E-state index contributed by atoms with van der Waals surface area (Å²) >= 11 is 0. The SMILES string of the molecule is CS(=O)(=O)c1ccc(Cc2nnc(NC(=O)CC(c3ccccc3)c3ccccc3)o2)cc1. The van der Waals surface area contributed by atoms with Gasteiger partial charge in [-0.25, -0.2) is 8.42 Å². The molecule has 0 radical (unpaired) electrons. The van der Waals surface area contributed by atoms with Gasteiger partial charge in [-0.3, -0.25) is 10.1 Å². The van der Waals surface area contributed by atoms with E-state index >= 15 is 0 Å². The first kappa shape index (κ1) is 22.4. The van der Waals surface area contributed by atoms with Crippen LogP contribution in [0.3, 0.4) is 0 Å². The van der Waals surface area contributed by atoms with Crippen molar-refractivity contribution in [1.82, 2.24) is 10.2 Å². The van der Waals surface area contributed by atoms with Crippen molar-refractivity contribution in [2.24, 2.45) is 0 Å². The van der Waals surface area contributed by atoms with Crippen LogP contribution in [-0.4, -0.2) is 30.8 Å². The molecule has 0 saturated heterocycles. The number of amides is 1. The molecule has 33 heavy (non-hydrogen) atoms. The normalized spacial score (nSPS) is 11.5. The molecule has 0 fully saturated rings. The number of benzene rings is 3. The van der Waals surface area contributed by atoms with Crippen molar-refractivity contribution in [3.8, 4) is 0 Å². The maximum absolute atomic E-state index is 12.8. The number of carbonyl (C=O) groups is 1. The third-order valence-electron chi connectivity index (χ3n) is 5.21. The molecule has 0 saturated carbocycles. The lowest BCUT2D eigenvalue weighted by molar-refractivity contribution is -0.116. The van der Waals surface area contributed by atoms with Crippen molar-refractivity contribution in [2.75, 3.05) is 11.6 Å². The summed E-state index contributed by atoms with van der Waals surface area (Å²) in [6.45, 7) is 0. The highest BCUT2D eigenvalue weighted by Gasteiger charge is 2.19. The van der Waals surface area contributed by atoms with Gasteiger partial charge in [0.1, 0.15) is 0 Å². The average molecular weight is 462 g/mol. The fourth-order valence-corrected chi connectivity index (χ4v) is 4.19. The van der Waals surface area contributed by atoms with Crippen LogP contribution < -0.4 is 5.32 Å². The van der Waals surface area contributed by atoms with Gasteiger partial charge >= 0.3 is 6.01 Å². The molecule has 168 valence electrons. The molecule has 1 amide bonds. The number of hydrogen-bond acceptors (Lipinski definition) is 6. The molecule has 3 aromatic carbocycles. The Labute approximate surface area is 192 Å². The van der Waals surface area contributed by atoms with Crippen molar-refractivity contribution in [3.05, 3.63) is 108 Å². The molecule has 4 rings (SSSR count). The number of rotatable bonds is 8. The highest BCUT2D eigenvalue weighted by molar-refractivity contribution is 7.90. The maximum atomic E-state index is 12.8. The van der Waals surface area contributed by atoms with Gasteiger partial charge in [0.05, 0.1) is 11.3 Å². The average Bonchev–Trinajstić information content (AvgIpc) is 3.25. The fraction of sp³-hybridized carbons (Fsp3) is 0.160. The van der Waals surface area contributed by atoms with E-state index in [1.54, 1.807) is 12.1 Å². The minimum absolute atomic E-state index is 0.0302. The molecule has 0 atom stereocenters. The Morgan fingerprint density at radius 2 is 1.45 bits per heavy atom. The Kier molecular flexibility index (Phi) is 6.65. The summed E-state index contributed by atoms with van der Waals surface area (Å²) in [4.78, 5) is 13.0. The van der Waals surface area contributed by atoms with Crippen LogP contribution in [0.25, 0.3) is 0 Å². The van der Waals surface area contributed by atoms with E-state index in [-0.39, 0.29) is 29.2 Å². The standard InChI is InChI=1S/C25H23N3O4S/c1-33(30,31)21-14-12-18(13-15-21)16-24-27-28-25(32-24)26-23(29)17-22(19-8-4-2-5-9-19)20-10-6-3-7-11-20/h2-15,22H,16-17H2,1H3,(H,26,28,29). The van der Waals surface area contributed by atoms with Crippen LogP contribution in [-0.2, 0) is 21.1 Å². The highest BCUT2D eigenvalue weighted by atomic mass is 32.2. The number of sulfone groups is 1. The van der Waals surface area contributed by atoms with Gasteiger partial charge in [-0.05, 0) is 28.8 Å². The van der Waals surface area contributed by atoms with Crippen LogP contribution in [0.15, 0.2) is 94.2 Å². The number of carbonyl (C=O) groups excluding carboxylic acids is 1. The van der Waals surface area contributed by atoms with Crippen LogP contribution in [0.2, 0.25) is 0 Å². The third-order valence-corrected chi connectivity index (χ3v) is 6.34. The van der Waals surface area contributed by atoms with E-state index < -0.39 is 9.84 Å². The molecule has 0 aliphatic carbocycles. The first-order valence-corrected chi connectivity index (χ1v) is 12.3. The summed E-state index contributed by atoms with van der Waals surface area (Å²) in [6.07, 6.45) is 1.71.